The summed E-state index contributed by atoms with van der Waals surface area (Å²) in [6, 6.07) is 3.53. The van der Waals surface area contributed by atoms with E-state index in [-0.39, 0.29) is 6.54 Å². The smallest absolute Gasteiger partial charge is 0.323 e. The fourth-order valence-electron chi connectivity index (χ4n) is 1.96. The van der Waals surface area contributed by atoms with Gasteiger partial charge in [-0.25, -0.2) is 0 Å². The van der Waals surface area contributed by atoms with Gasteiger partial charge in [0.25, 0.3) is 0 Å². The third-order valence-electron chi connectivity index (χ3n) is 3.46. The molecule has 0 spiro atoms. The van der Waals surface area contributed by atoms with Gasteiger partial charge in [0.1, 0.15) is 5.54 Å². The van der Waals surface area contributed by atoms with Crippen LogP contribution >= 0.6 is 0 Å². The SMILES string of the molecule is CCC(CC)(NCc1ccc([N+](=O)[O-])c(F)c1)C(=O)O. The molecule has 0 heterocycles. The van der Waals surface area contributed by atoms with Crippen molar-refractivity contribution in [2.45, 2.75) is 38.8 Å². The Morgan fingerprint density at radius 3 is 2.45 bits per heavy atom. The average Bonchev–Trinajstić information content (AvgIpc) is 2.39. The molecule has 0 radical (unpaired) electrons. The molecule has 1 aromatic rings. The Morgan fingerprint density at radius 1 is 1.45 bits per heavy atom. The predicted octanol–water partition coefficient (Wildman–Crippen LogP) is 2.47. The van der Waals surface area contributed by atoms with Crippen molar-refractivity contribution < 1.29 is 19.2 Å². The van der Waals surface area contributed by atoms with Gasteiger partial charge >= 0.3 is 11.7 Å². The second kappa shape index (κ2) is 6.42. The maximum atomic E-state index is 13.5. The molecule has 0 aliphatic heterocycles. The van der Waals surface area contributed by atoms with E-state index in [0.717, 1.165) is 12.1 Å². The summed E-state index contributed by atoms with van der Waals surface area (Å²) in [5.74, 6) is -1.90. The zero-order chi connectivity index (χ0) is 15.3. The van der Waals surface area contributed by atoms with Crippen LogP contribution in [0.4, 0.5) is 10.1 Å². The van der Waals surface area contributed by atoms with Crippen LogP contribution in [-0.2, 0) is 11.3 Å². The fraction of sp³-hybridized carbons (Fsp3) is 0.462. The number of nitrogens with one attached hydrogen (secondary N) is 1. The van der Waals surface area contributed by atoms with Gasteiger partial charge in [-0.1, -0.05) is 19.9 Å². The van der Waals surface area contributed by atoms with Gasteiger partial charge in [-0.2, -0.15) is 4.39 Å². The van der Waals surface area contributed by atoms with Crippen molar-refractivity contribution in [3.63, 3.8) is 0 Å². The van der Waals surface area contributed by atoms with Crippen LogP contribution in [0.2, 0.25) is 0 Å². The molecule has 110 valence electrons. The second-order valence-corrected chi connectivity index (χ2v) is 4.49. The Kier molecular flexibility index (Phi) is 5.15. The van der Waals surface area contributed by atoms with Crippen LogP contribution in [0.3, 0.4) is 0 Å². The molecule has 0 fully saturated rings. The summed E-state index contributed by atoms with van der Waals surface area (Å²) in [6.07, 6.45) is 0.766. The number of carboxylic acid groups (broad SMARTS) is 1. The van der Waals surface area contributed by atoms with Crippen LogP contribution in [0, 0.1) is 15.9 Å². The van der Waals surface area contributed by atoms with Gasteiger partial charge in [-0.3, -0.25) is 20.2 Å². The molecular formula is C13H17FN2O4. The number of halogens is 1. The molecule has 0 saturated heterocycles. The minimum absolute atomic E-state index is 0.128. The van der Waals surface area contributed by atoms with Crippen molar-refractivity contribution >= 4 is 11.7 Å². The van der Waals surface area contributed by atoms with E-state index >= 15 is 0 Å². The lowest BCUT2D eigenvalue weighted by molar-refractivity contribution is -0.387. The number of hydrogen-bond acceptors (Lipinski definition) is 4. The quantitative estimate of drug-likeness (QED) is 0.592. The van der Waals surface area contributed by atoms with E-state index in [1.807, 2.05) is 0 Å². The lowest BCUT2D eigenvalue weighted by Gasteiger charge is -2.28. The van der Waals surface area contributed by atoms with E-state index in [1.54, 1.807) is 13.8 Å². The first-order valence-electron chi connectivity index (χ1n) is 6.27. The molecule has 2 N–H and O–H groups in total. The number of hydrogen-bond donors (Lipinski definition) is 2. The van der Waals surface area contributed by atoms with Gasteiger partial charge in [0.2, 0.25) is 5.82 Å². The molecular weight excluding hydrogens is 267 g/mol. The Hall–Kier alpha value is -2.02. The van der Waals surface area contributed by atoms with Crippen molar-refractivity contribution in [1.82, 2.24) is 5.32 Å². The van der Waals surface area contributed by atoms with Crippen LogP contribution in [0.5, 0.6) is 0 Å². The van der Waals surface area contributed by atoms with E-state index in [2.05, 4.69) is 5.32 Å². The highest BCUT2D eigenvalue weighted by Crippen LogP contribution is 2.20. The summed E-state index contributed by atoms with van der Waals surface area (Å²) >= 11 is 0. The van der Waals surface area contributed by atoms with E-state index in [4.69, 9.17) is 0 Å². The highest BCUT2D eigenvalue weighted by Gasteiger charge is 2.34. The maximum Gasteiger partial charge on any atom is 0.323 e. The number of rotatable bonds is 7. The molecule has 0 bridgehead atoms. The monoisotopic (exact) mass is 284 g/mol. The molecule has 20 heavy (non-hydrogen) atoms. The summed E-state index contributed by atoms with van der Waals surface area (Å²) in [7, 11) is 0. The van der Waals surface area contributed by atoms with E-state index in [0.29, 0.717) is 18.4 Å². The normalized spacial score (nSPS) is 11.3. The highest BCUT2D eigenvalue weighted by atomic mass is 19.1. The van der Waals surface area contributed by atoms with Crippen molar-refractivity contribution in [2.24, 2.45) is 0 Å². The molecule has 0 aromatic heterocycles. The Balaban J connectivity index is 2.87. The molecule has 0 amide bonds. The molecule has 6 nitrogen and oxygen atoms in total. The van der Waals surface area contributed by atoms with Gasteiger partial charge in [0.15, 0.2) is 0 Å². The van der Waals surface area contributed by atoms with Crippen molar-refractivity contribution in [1.29, 1.82) is 0 Å². The Morgan fingerprint density at radius 2 is 2.05 bits per heavy atom. The number of aliphatic carboxylic acids is 1. The van der Waals surface area contributed by atoms with E-state index in [1.165, 1.54) is 6.07 Å². The predicted molar refractivity (Wildman–Crippen MR) is 70.8 cm³/mol. The summed E-state index contributed by atoms with van der Waals surface area (Å²) in [4.78, 5) is 21.0. The zero-order valence-electron chi connectivity index (χ0n) is 11.4. The number of carboxylic acids is 1. The number of carbonyl (C=O) groups is 1. The zero-order valence-corrected chi connectivity index (χ0v) is 11.4. The van der Waals surface area contributed by atoms with Gasteiger partial charge in [-0.05, 0) is 24.5 Å². The number of nitrogens with zero attached hydrogens (tertiary/aromatic N) is 1. The third-order valence-corrected chi connectivity index (χ3v) is 3.46. The number of benzene rings is 1. The number of nitro groups is 1. The molecule has 0 aliphatic carbocycles. The van der Waals surface area contributed by atoms with E-state index < -0.39 is 27.9 Å². The molecule has 7 heteroatoms. The van der Waals surface area contributed by atoms with Gasteiger partial charge in [0, 0.05) is 12.6 Å². The highest BCUT2D eigenvalue weighted by molar-refractivity contribution is 5.78. The lowest BCUT2D eigenvalue weighted by atomic mass is 9.92. The second-order valence-electron chi connectivity index (χ2n) is 4.49. The van der Waals surface area contributed by atoms with Crippen LogP contribution in [0.25, 0.3) is 0 Å². The minimum Gasteiger partial charge on any atom is -0.480 e. The summed E-state index contributed by atoms with van der Waals surface area (Å²) in [5, 5.41) is 22.6. The lowest BCUT2D eigenvalue weighted by Crippen LogP contribution is -2.50. The standard InChI is InChI=1S/C13H17FN2O4/c1-3-13(4-2,12(17)18)15-8-9-5-6-11(16(19)20)10(14)7-9/h5-7,15H,3-4,8H2,1-2H3,(H,17,18). The van der Waals surface area contributed by atoms with Gasteiger partial charge in [0.05, 0.1) is 4.92 Å². The van der Waals surface area contributed by atoms with Gasteiger partial charge < -0.3 is 5.11 Å². The summed E-state index contributed by atoms with van der Waals surface area (Å²) in [6.45, 7) is 3.63. The molecule has 0 saturated carbocycles. The number of nitro benzene ring substituents is 1. The Labute approximate surface area is 115 Å². The van der Waals surface area contributed by atoms with Crippen LogP contribution in [0.1, 0.15) is 32.3 Å². The summed E-state index contributed by atoms with van der Waals surface area (Å²) < 4.78 is 13.5. The summed E-state index contributed by atoms with van der Waals surface area (Å²) in [5.41, 5.74) is -1.21. The maximum absolute atomic E-state index is 13.5. The average molecular weight is 284 g/mol. The van der Waals surface area contributed by atoms with Crippen molar-refractivity contribution in [3.05, 3.63) is 39.7 Å². The topological polar surface area (TPSA) is 92.5 Å². The molecule has 0 atom stereocenters. The Bertz CT molecular complexity index is 515. The molecule has 0 unspecified atom stereocenters. The first-order chi connectivity index (χ1) is 9.36. The van der Waals surface area contributed by atoms with E-state index in [9.17, 15) is 24.4 Å². The van der Waals surface area contributed by atoms with Crippen molar-refractivity contribution in [2.75, 3.05) is 0 Å². The first-order valence-corrected chi connectivity index (χ1v) is 6.27. The van der Waals surface area contributed by atoms with Crippen LogP contribution in [-0.4, -0.2) is 21.5 Å². The van der Waals surface area contributed by atoms with Crippen LogP contribution in [0.15, 0.2) is 18.2 Å². The minimum atomic E-state index is -1.07. The third kappa shape index (κ3) is 3.30. The van der Waals surface area contributed by atoms with Crippen molar-refractivity contribution in [3.8, 4) is 0 Å². The largest absolute Gasteiger partial charge is 0.480 e. The molecule has 1 aromatic carbocycles. The fourth-order valence-corrected chi connectivity index (χ4v) is 1.96. The first kappa shape index (κ1) is 16.0. The molecule has 1 rings (SSSR count). The molecule has 0 aliphatic rings. The van der Waals surface area contributed by atoms with Gasteiger partial charge in [-0.15, -0.1) is 0 Å². The van der Waals surface area contributed by atoms with Crippen LogP contribution < -0.4 is 5.32 Å².